The molecule has 2 aromatic rings. The van der Waals surface area contributed by atoms with Gasteiger partial charge in [-0.05, 0) is 13.0 Å². The van der Waals surface area contributed by atoms with E-state index in [2.05, 4.69) is 10.2 Å². The molecule has 0 bridgehead atoms. The third-order valence-corrected chi connectivity index (χ3v) is 3.70. The number of hydrogen-bond acceptors (Lipinski definition) is 4. The molecule has 21 heavy (non-hydrogen) atoms. The Balaban J connectivity index is 2.24. The molecule has 0 radical (unpaired) electrons. The van der Waals surface area contributed by atoms with E-state index in [-0.39, 0.29) is 10.7 Å². The van der Waals surface area contributed by atoms with Gasteiger partial charge in [0, 0.05) is 16.9 Å². The highest BCUT2D eigenvalue weighted by Crippen LogP contribution is 2.36. The SMILES string of the molecule is CC(Sc1nnc(C(F)(F)F)n1N)c1ccc(F)cc1F. The number of nitrogens with two attached hydrogens (primary N) is 1. The molecule has 2 rings (SSSR count). The second-order valence-electron chi connectivity index (χ2n) is 4.10. The summed E-state index contributed by atoms with van der Waals surface area (Å²) in [5.41, 5.74) is 0.123. The zero-order chi connectivity index (χ0) is 15.8. The lowest BCUT2D eigenvalue weighted by molar-refractivity contribution is -0.146. The van der Waals surface area contributed by atoms with E-state index in [0.29, 0.717) is 10.7 Å². The first kappa shape index (κ1) is 15.5. The van der Waals surface area contributed by atoms with E-state index in [9.17, 15) is 22.0 Å². The van der Waals surface area contributed by atoms with Crippen LogP contribution in [0, 0.1) is 11.6 Å². The van der Waals surface area contributed by atoms with Gasteiger partial charge in [0.15, 0.2) is 0 Å². The van der Waals surface area contributed by atoms with Crippen LogP contribution in [0.2, 0.25) is 0 Å². The van der Waals surface area contributed by atoms with Crippen LogP contribution >= 0.6 is 11.8 Å². The van der Waals surface area contributed by atoms with Crippen LogP contribution in [0.1, 0.15) is 23.6 Å². The Kier molecular flexibility index (Phi) is 4.08. The van der Waals surface area contributed by atoms with E-state index in [4.69, 9.17) is 5.84 Å². The molecule has 0 aliphatic heterocycles. The van der Waals surface area contributed by atoms with Crippen molar-refractivity contribution in [1.29, 1.82) is 0 Å². The average Bonchev–Trinajstić information content (AvgIpc) is 2.70. The third-order valence-electron chi connectivity index (χ3n) is 2.60. The summed E-state index contributed by atoms with van der Waals surface area (Å²) in [7, 11) is 0. The highest BCUT2D eigenvalue weighted by atomic mass is 32.2. The molecule has 0 saturated heterocycles. The molecule has 1 heterocycles. The maximum atomic E-state index is 13.6. The van der Waals surface area contributed by atoms with Crippen LogP contribution in [0.25, 0.3) is 0 Å². The van der Waals surface area contributed by atoms with Crippen molar-refractivity contribution in [3.63, 3.8) is 0 Å². The lowest BCUT2D eigenvalue weighted by atomic mass is 10.1. The monoisotopic (exact) mass is 324 g/mol. The van der Waals surface area contributed by atoms with Crippen molar-refractivity contribution in [2.24, 2.45) is 0 Å². The summed E-state index contributed by atoms with van der Waals surface area (Å²) in [5.74, 6) is 2.39. The van der Waals surface area contributed by atoms with Gasteiger partial charge in [-0.15, -0.1) is 10.2 Å². The van der Waals surface area contributed by atoms with Gasteiger partial charge >= 0.3 is 6.18 Å². The van der Waals surface area contributed by atoms with Crippen LogP contribution in [-0.4, -0.2) is 14.9 Å². The van der Waals surface area contributed by atoms with Crippen LogP contribution in [0.15, 0.2) is 23.4 Å². The van der Waals surface area contributed by atoms with Gasteiger partial charge in [-0.1, -0.05) is 17.8 Å². The number of aromatic nitrogens is 3. The van der Waals surface area contributed by atoms with Gasteiger partial charge in [-0.3, -0.25) is 0 Å². The molecule has 114 valence electrons. The van der Waals surface area contributed by atoms with Gasteiger partial charge in [0.1, 0.15) is 11.6 Å². The Morgan fingerprint density at radius 1 is 1.24 bits per heavy atom. The summed E-state index contributed by atoms with van der Waals surface area (Å²) in [6.07, 6.45) is -4.73. The zero-order valence-electron chi connectivity index (χ0n) is 10.5. The van der Waals surface area contributed by atoms with Crippen molar-refractivity contribution in [2.45, 2.75) is 23.5 Å². The standard InChI is InChI=1S/C11H9F5N4S/c1-5(7-3-2-6(12)4-8(7)13)21-10-19-18-9(20(10)17)11(14,15)16/h2-5H,17H2,1H3. The quantitative estimate of drug-likeness (QED) is 0.535. The number of hydrogen-bond donors (Lipinski definition) is 1. The summed E-state index contributed by atoms with van der Waals surface area (Å²) in [6, 6.07) is 2.97. The normalized spacial score (nSPS) is 13.4. The third kappa shape index (κ3) is 3.26. The number of rotatable bonds is 3. The summed E-state index contributed by atoms with van der Waals surface area (Å²) < 4.78 is 64.3. The molecule has 1 aromatic carbocycles. The molecule has 4 nitrogen and oxygen atoms in total. The Labute approximate surface area is 120 Å². The lowest BCUT2D eigenvalue weighted by Gasteiger charge is -2.12. The number of thioether (sulfide) groups is 1. The fourth-order valence-corrected chi connectivity index (χ4v) is 2.53. The molecular weight excluding hydrogens is 315 g/mol. The van der Waals surface area contributed by atoms with Gasteiger partial charge in [0.2, 0.25) is 5.16 Å². The van der Waals surface area contributed by atoms with E-state index >= 15 is 0 Å². The average molecular weight is 324 g/mol. The van der Waals surface area contributed by atoms with E-state index in [1.165, 1.54) is 13.0 Å². The summed E-state index contributed by atoms with van der Waals surface area (Å²) in [5, 5.41) is 5.44. The first-order valence-electron chi connectivity index (χ1n) is 5.59. The minimum Gasteiger partial charge on any atom is -0.335 e. The lowest BCUT2D eigenvalue weighted by Crippen LogP contribution is -2.21. The maximum Gasteiger partial charge on any atom is 0.453 e. The summed E-state index contributed by atoms with van der Waals surface area (Å²) in [6.45, 7) is 1.53. The Morgan fingerprint density at radius 3 is 2.43 bits per heavy atom. The van der Waals surface area contributed by atoms with E-state index in [1.54, 1.807) is 0 Å². The van der Waals surface area contributed by atoms with Crippen LogP contribution in [0.4, 0.5) is 22.0 Å². The molecule has 1 atom stereocenters. The number of nitrogens with zero attached hydrogens (tertiary/aromatic N) is 3. The van der Waals surface area contributed by atoms with Crippen molar-refractivity contribution in [1.82, 2.24) is 14.9 Å². The molecule has 0 amide bonds. The van der Waals surface area contributed by atoms with Gasteiger partial charge in [-0.25, -0.2) is 13.5 Å². The minimum absolute atomic E-state index is 0.123. The number of nitrogen functional groups attached to an aromatic ring is 1. The zero-order valence-corrected chi connectivity index (χ0v) is 11.3. The molecular formula is C11H9F5N4S. The summed E-state index contributed by atoms with van der Waals surface area (Å²) >= 11 is 0.782. The Morgan fingerprint density at radius 2 is 1.90 bits per heavy atom. The molecule has 0 saturated carbocycles. The van der Waals surface area contributed by atoms with Crippen LogP contribution in [0.5, 0.6) is 0 Å². The Bertz CT molecular complexity index is 655. The van der Waals surface area contributed by atoms with Crippen molar-refractivity contribution in [2.75, 3.05) is 5.84 Å². The highest BCUT2D eigenvalue weighted by molar-refractivity contribution is 7.99. The number of alkyl halides is 3. The molecule has 0 fully saturated rings. The molecule has 1 aromatic heterocycles. The first-order chi connectivity index (χ1) is 9.70. The molecule has 0 spiro atoms. The highest BCUT2D eigenvalue weighted by Gasteiger charge is 2.38. The first-order valence-corrected chi connectivity index (χ1v) is 6.47. The van der Waals surface area contributed by atoms with Gasteiger partial charge < -0.3 is 5.84 Å². The Hall–Kier alpha value is -1.84. The second-order valence-corrected chi connectivity index (χ2v) is 5.41. The van der Waals surface area contributed by atoms with Crippen molar-refractivity contribution in [3.05, 3.63) is 41.2 Å². The molecule has 0 aliphatic rings. The number of benzene rings is 1. The van der Waals surface area contributed by atoms with Crippen molar-refractivity contribution >= 4 is 11.8 Å². The number of halogens is 5. The predicted octanol–water partition coefficient (Wildman–Crippen LogP) is 3.14. The molecule has 10 heteroatoms. The second kappa shape index (κ2) is 5.51. The fraction of sp³-hybridized carbons (Fsp3) is 0.273. The molecule has 1 unspecified atom stereocenters. The van der Waals surface area contributed by atoms with E-state index in [1.807, 2.05) is 0 Å². The van der Waals surface area contributed by atoms with Crippen LogP contribution in [-0.2, 0) is 6.18 Å². The largest absolute Gasteiger partial charge is 0.453 e. The van der Waals surface area contributed by atoms with Crippen LogP contribution in [0.3, 0.4) is 0 Å². The van der Waals surface area contributed by atoms with Crippen molar-refractivity contribution in [3.8, 4) is 0 Å². The summed E-state index contributed by atoms with van der Waals surface area (Å²) in [4.78, 5) is 0. The minimum atomic E-state index is -4.73. The maximum absolute atomic E-state index is 13.6. The fourth-order valence-electron chi connectivity index (χ4n) is 1.60. The topological polar surface area (TPSA) is 56.7 Å². The molecule has 2 N–H and O–H groups in total. The van der Waals surface area contributed by atoms with Gasteiger partial charge in [-0.2, -0.15) is 13.2 Å². The van der Waals surface area contributed by atoms with Gasteiger partial charge in [0.05, 0.1) is 0 Å². The van der Waals surface area contributed by atoms with Crippen molar-refractivity contribution < 1.29 is 22.0 Å². The predicted molar refractivity (Wildman–Crippen MR) is 65.8 cm³/mol. The van der Waals surface area contributed by atoms with Crippen LogP contribution < -0.4 is 5.84 Å². The van der Waals surface area contributed by atoms with E-state index in [0.717, 1.165) is 17.8 Å². The molecule has 0 aliphatic carbocycles. The van der Waals surface area contributed by atoms with E-state index < -0.39 is 28.9 Å². The smallest absolute Gasteiger partial charge is 0.335 e. The van der Waals surface area contributed by atoms with Gasteiger partial charge in [0.25, 0.3) is 5.82 Å².